The second-order valence-corrected chi connectivity index (χ2v) is 3.45. The van der Waals surface area contributed by atoms with Crippen molar-refractivity contribution in [3.8, 4) is 0 Å². The SMILES string of the molecule is CC1(C)CC(C(=O)O)NC1=O. The van der Waals surface area contributed by atoms with E-state index in [0.717, 1.165) is 0 Å². The average Bonchev–Trinajstić information content (AvgIpc) is 2.08. The van der Waals surface area contributed by atoms with Gasteiger partial charge in [0, 0.05) is 5.41 Å². The summed E-state index contributed by atoms with van der Waals surface area (Å²) in [6.45, 7) is 3.48. The minimum Gasteiger partial charge on any atom is -0.480 e. The van der Waals surface area contributed by atoms with E-state index in [-0.39, 0.29) is 5.91 Å². The second kappa shape index (κ2) is 2.22. The molecule has 0 spiro atoms. The van der Waals surface area contributed by atoms with E-state index in [9.17, 15) is 9.59 Å². The fourth-order valence-corrected chi connectivity index (χ4v) is 1.16. The van der Waals surface area contributed by atoms with E-state index in [1.54, 1.807) is 13.8 Å². The zero-order chi connectivity index (χ0) is 8.65. The molecule has 1 unspecified atom stereocenters. The Labute approximate surface area is 64.6 Å². The topological polar surface area (TPSA) is 66.4 Å². The molecule has 0 bridgehead atoms. The van der Waals surface area contributed by atoms with Crippen LogP contribution in [-0.4, -0.2) is 23.0 Å². The molecule has 2 N–H and O–H groups in total. The molecule has 1 saturated heterocycles. The predicted octanol–water partition coefficient (Wildman–Crippen LogP) is -0.0143. The molecule has 4 nitrogen and oxygen atoms in total. The van der Waals surface area contributed by atoms with Gasteiger partial charge in [0.2, 0.25) is 5.91 Å². The summed E-state index contributed by atoms with van der Waals surface area (Å²) >= 11 is 0. The maximum atomic E-state index is 11.0. The van der Waals surface area contributed by atoms with Crippen LogP contribution < -0.4 is 5.32 Å². The third-order valence-corrected chi connectivity index (χ3v) is 1.93. The molecule has 4 heteroatoms. The lowest BCUT2D eigenvalue weighted by molar-refractivity contribution is -0.140. The summed E-state index contributed by atoms with van der Waals surface area (Å²) in [4.78, 5) is 21.5. The van der Waals surface area contributed by atoms with Crippen molar-refractivity contribution < 1.29 is 14.7 Å². The van der Waals surface area contributed by atoms with Crippen LogP contribution in [0.5, 0.6) is 0 Å². The molecular formula is C7H11NO3. The van der Waals surface area contributed by atoms with Crippen LogP contribution in [0.2, 0.25) is 0 Å². The van der Waals surface area contributed by atoms with Crippen molar-refractivity contribution in [2.24, 2.45) is 5.41 Å². The van der Waals surface area contributed by atoms with Crippen molar-refractivity contribution in [1.29, 1.82) is 0 Å². The average molecular weight is 157 g/mol. The number of carboxylic acid groups (broad SMARTS) is 1. The molecule has 1 rings (SSSR count). The van der Waals surface area contributed by atoms with Crippen LogP contribution in [0, 0.1) is 5.41 Å². The number of aliphatic carboxylic acids is 1. The molecule has 1 atom stereocenters. The van der Waals surface area contributed by atoms with Gasteiger partial charge in [-0.15, -0.1) is 0 Å². The van der Waals surface area contributed by atoms with Crippen LogP contribution in [0.1, 0.15) is 20.3 Å². The molecule has 0 aromatic carbocycles. The number of carbonyl (C=O) groups is 2. The minimum atomic E-state index is -0.955. The molecule has 0 saturated carbocycles. The number of amides is 1. The summed E-state index contributed by atoms with van der Waals surface area (Å²) in [7, 11) is 0. The first kappa shape index (κ1) is 8.04. The Kier molecular flexibility index (Phi) is 1.62. The largest absolute Gasteiger partial charge is 0.480 e. The molecule has 1 fully saturated rings. The first-order valence-corrected chi connectivity index (χ1v) is 3.47. The Morgan fingerprint density at radius 2 is 2.27 bits per heavy atom. The first-order chi connectivity index (χ1) is 4.93. The zero-order valence-corrected chi connectivity index (χ0v) is 6.55. The fraction of sp³-hybridized carbons (Fsp3) is 0.714. The quantitative estimate of drug-likeness (QED) is 0.562. The summed E-state index contributed by atoms with van der Waals surface area (Å²) in [5, 5.41) is 11.0. The normalized spacial score (nSPS) is 28.2. The van der Waals surface area contributed by atoms with E-state index >= 15 is 0 Å². The van der Waals surface area contributed by atoms with Crippen molar-refractivity contribution in [2.45, 2.75) is 26.3 Å². The third kappa shape index (κ3) is 1.34. The van der Waals surface area contributed by atoms with Gasteiger partial charge in [0.15, 0.2) is 0 Å². The van der Waals surface area contributed by atoms with Gasteiger partial charge in [-0.2, -0.15) is 0 Å². The molecule has 0 aromatic heterocycles. The van der Waals surface area contributed by atoms with Gasteiger partial charge in [-0.1, -0.05) is 13.8 Å². The summed E-state index contributed by atoms with van der Waals surface area (Å²) in [5.74, 6) is -1.13. The van der Waals surface area contributed by atoms with Crippen LogP contribution >= 0.6 is 0 Å². The van der Waals surface area contributed by atoms with Gasteiger partial charge in [-0.05, 0) is 6.42 Å². The highest BCUT2D eigenvalue weighted by Crippen LogP contribution is 2.28. The second-order valence-electron chi connectivity index (χ2n) is 3.45. The Morgan fingerprint density at radius 3 is 2.45 bits per heavy atom. The molecule has 1 amide bonds. The standard InChI is InChI=1S/C7H11NO3/c1-7(2)3-4(5(9)10)8-6(7)11/h4H,3H2,1-2H3,(H,8,11)(H,9,10). The van der Waals surface area contributed by atoms with Gasteiger partial charge in [0.1, 0.15) is 6.04 Å². The van der Waals surface area contributed by atoms with Gasteiger partial charge < -0.3 is 10.4 Å². The van der Waals surface area contributed by atoms with Crippen molar-refractivity contribution in [3.63, 3.8) is 0 Å². The highest BCUT2D eigenvalue weighted by Gasteiger charge is 2.41. The highest BCUT2D eigenvalue weighted by atomic mass is 16.4. The number of rotatable bonds is 1. The lowest BCUT2D eigenvalue weighted by Gasteiger charge is -2.10. The highest BCUT2D eigenvalue weighted by molar-refractivity contribution is 5.91. The molecule has 1 heterocycles. The molecule has 11 heavy (non-hydrogen) atoms. The van der Waals surface area contributed by atoms with E-state index in [1.165, 1.54) is 0 Å². The Hall–Kier alpha value is -1.06. The van der Waals surface area contributed by atoms with Crippen molar-refractivity contribution in [3.05, 3.63) is 0 Å². The van der Waals surface area contributed by atoms with Gasteiger partial charge in [0.25, 0.3) is 0 Å². The van der Waals surface area contributed by atoms with Crippen LogP contribution in [0.4, 0.5) is 0 Å². The molecule has 62 valence electrons. The Morgan fingerprint density at radius 1 is 1.73 bits per heavy atom. The van der Waals surface area contributed by atoms with Crippen molar-refractivity contribution in [2.75, 3.05) is 0 Å². The van der Waals surface area contributed by atoms with E-state index in [4.69, 9.17) is 5.11 Å². The van der Waals surface area contributed by atoms with Crippen LogP contribution in [0.15, 0.2) is 0 Å². The van der Waals surface area contributed by atoms with E-state index in [1.807, 2.05) is 0 Å². The first-order valence-electron chi connectivity index (χ1n) is 3.47. The maximum absolute atomic E-state index is 11.0. The van der Waals surface area contributed by atoms with E-state index < -0.39 is 17.4 Å². The summed E-state index contributed by atoms with van der Waals surface area (Å²) < 4.78 is 0. The summed E-state index contributed by atoms with van der Waals surface area (Å²) in [6, 6.07) is -0.697. The molecule has 0 radical (unpaired) electrons. The number of hydrogen-bond donors (Lipinski definition) is 2. The predicted molar refractivity (Wildman–Crippen MR) is 38.0 cm³/mol. The molecule has 1 aliphatic rings. The molecule has 0 aliphatic carbocycles. The molecule has 0 aromatic rings. The minimum absolute atomic E-state index is 0.176. The van der Waals surface area contributed by atoms with Gasteiger partial charge >= 0.3 is 5.97 Å². The van der Waals surface area contributed by atoms with Crippen molar-refractivity contribution in [1.82, 2.24) is 5.32 Å². The smallest absolute Gasteiger partial charge is 0.326 e. The zero-order valence-electron chi connectivity index (χ0n) is 6.55. The van der Waals surface area contributed by atoms with Gasteiger partial charge in [-0.25, -0.2) is 4.79 Å². The van der Waals surface area contributed by atoms with Gasteiger partial charge in [0.05, 0.1) is 0 Å². The van der Waals surface area contributed by atoms with E-state index in [0.29, 0.717) is 6.42 Å². The third-order valence-electron chi connectivity index (χ3n) is 1.93. The number of carboxylic acids is 1. The van der Waals surface area contributed by atoms with Gasteiger partial charge in [-0.3, -0.25) is 4.79 Å². The van der Waals surface area contributed by atoms with E-state index in [2.05, 4.69) is 5.32 Å². The van der Waals surface area contributed by atoms with Crippen LogP contribution in [0.25, 0.3) is 0 Å². The molecule has 1 aliphatic heterocycles. The van der Waals surface area contributed by atoms with Crippen LogP contribution in [0.3, 0.4) is 0 Å². The number of nitrogens with one attached hydrogen (secondary N) is 1. The van der Waals surface area contributed by atoms with Crippen LogP contribution in [-0.2, 0) is 9.59 Å². The number of hydrogen-bond acceptors (Lipinski definition) is 2. The Bertz CT molecular complexity index is 210. The lowest BCUT2D eigenvalue weighted by Crippen LogP contribution is -2.33. The monoisotopic (exact) mass is 157 g/mol. The molecular weight excluding hydrogens is 146 g/mol. The van der Waals surface area contributed by atoms with Crippen molar-refractivity contribution >= 4 is 11.9 Å². The summed E-state index contributed by atoms with van der Waals surface area (Å²) in [5.41, 5.74) is -0.525. The summed E-state index contributed by atoms with van der Waals surface area (Å²) in [6.07, 6.45) is 0.376. The lowest BCUT2D eigenvalue weighted by atomic mass is 9.90. The fourth-order valence-electron chi connectivity index (χ4n) is 1.16. The maximum Gasteiger partial charge on any atom is 0.326 e. The number of carbonyl (C=O) groups excluding carboxylic acids is 1. The Balaban J connectivity index is 2.72.